The largest absolute Gasteiger partial charge is 0.504 e. The molecule has 0 fully saturated rings. The van der Waals surface area contributed by atoms with E-state index in [-0.39, 0.29) is 16.5 Å². The minimum Gasteiger partial charge on any atom is -0.504 e. The van der Waals surface area contributed by atoms with E-state index in [1.165, 1.54) is 13.2 Å². The number of carbonyl (C=O) groups excluding carboxylic acids is 1. The Kier molecular flexibility index (Phi) is 2.53. The molecule has 21 heavy (non-hydrogen) atoms. The average molecular weight is 288 g/mol. The van der Waals surface area contributed by atoms with Gasteiger partial charge in [-0.05, 0) is 24.6 Å². The fourth-order valence-corrected chi connectivity index (χ4v) is 2.72. The highest BCUT2D eigenvalue weighted by Crippen LogP contribution is 2.47. The number of allylic oxidation sites excluding steroid dienone is 1. The fraction of sp³-hybridized carbons (Fsp3) is 0.133. The molecule has 3 rings (SSSR count). The molecule has 0 aromatic heterocycles. The molecule has 6 heteroatoms. The van der Waals surface area contributed by atoms with E-state index in [4.69, 9.17) is 4.74 Å². The first-order chi connectivity index (χ1) is 9.88. The van der Waals surface area contributed by atoms with Crippen LogP contribution in [0.1, 0.15) is 21.5 Å². The van der Waals surface area contributed by atoms with Crippen molar-refractivity contribution in [2.75, 3.05) is 7.11 Å². The molecule has 1 aliphatic rings. The lowest BCUT2D eigenvalue weighted by atomic mass is 9.87. The lowest BCUT2D eigenvalue weighted by Crippen LogP contribution is -2.13. The van der Waals surface area contributed by atoms with Crippen molar-refractivity contribution in [2.24, 2.45) is 0 Å². The molecule has 0 saturated carbocycles. The van der Waals surface area contributed by atoms with Crippen LogP contribution < -0.4 is 4.74 Å². The van der Waals surface area contributed by atoms with Crippen molar-refractivity contribution < 1.29 is 30.0 Å². The van der Waals surface area contributed by atoms with Crippen LogP contribution in [-0.4, -0.2) is 33.3 Å². The summed E-state index contributed by atoms with van der Waals surface area (Å²) in [6.45, 7) is 1.72. The Labute approximate surface area is 119 Å². The molecule has 0 spiro atoms. The second-order valence-electron chi connectivity index (χ2n) is 4.84. The number of benzene rings is 2. The number of rotatable bonds is 1. The van der Waals surface area contributed by atoms with E-state index in [0.29, 0.717) is 16.7 Å². The van der Waals surface area contributed by atoms with Gasteiger partial charge in [0.05, 0.1) is 12.7 Å². The van der Waals surface area contributed by atoms with E-state index in [9.17, 15) is 25.2 Å². The Morgan fingerprint density at radius 2 is 1.71 bits per heavy atom. The summed E-state index contributed by atoms with van der Waals surface area (Å²) in [5.41, 5.74) is 0.587. The Hall–Kier alpha value is -2.89. The predicted octanol–water partition coefficient (Wildman–Crippen LogP) is 2.55. The monoisotopic (exact) mass is 288 g/mol. The van der Waals surface area contributed by atoms with Gasteiger partial charge < -0.3 is 25.2 Å². The number of methoxy groups -OCH3 is 1. The Balaban J connectivity index is 2.64. The summed E-state index contributed by atoms with van der Waals surface area (Å²) < 4.78 is 5.26. The van der Waals surface area contributed by atoms with Crippen LogP contribution in [0.3, 0.4) is 0 Å². The standard InChI is InChI=1S/C15H12O6/c1-5-3-6-9-7(15(5)21-2)4-8(16)12(18)10(9)13(19)14(20)11(6)17/h3-4,16-18,20H,1-2H3. The van der Waals surface area contributed by atoms with Crippen LogP contribution in [0.25, 0.3) is 16.5 Å². The molecule has 108 valence electrons. The van der Waals surface area contributed by atoms with Crippen molar-refractivity contribution in [3.8, 4) is 17.2 Å². The summed E-state index contributed by atoms with van der Waals surface area (Å²) in [6, 6.07) is 2.80. The number of carbonyl (C=O) groups is 1. The third-order valence-corrected chi connectivity index (χ3v) is 3.64. The minimum absolute atomic E-state index is 0.200. The molecule has 2 aromatic rings. The number of phenols is 2. The van der Waals surface area contributed by atoms with Gasteiger partial charge in [-0.25, -0.2) is 0 Å². The summed E-state index contributed by atoms with van der Waals surface area (Å²) in [7, 11) is 1.44. The summed E-state index contributed by atoms with van der Waals surface area (Å²) >= 11 is 0. The molecule has 0 amide bonds. The second kappa shape index (κ2) is 4.05. The number of ketones is 1. The van der Waals surface area contributed by atoms with Crippen LogP contribution in [0.15, 0.2) is 17.9 Å². The van der Waals surface area contributed by atoms with E-state index in [2.05, 4.69) is 0 Å². The zero-order valence-corrected chi connectivity index (χ0v) is 11.3. The highest BCUT2D eigenvalue weighted by atomic mass is 16.5. The van der Waals surface area contributed by atoms with Crippen LogP contribution in [0, 0.1) is 6.92 Å². The van der Waals surface area contributed by atoms with Gasteiger partial charge in [-0.3, -0.25) is 4.79 Å². The number of aromatic hydroxyl groups is 2. The van der Waals surface area contributed by atoms with Gasteiger partial charge in [-0.15, -0.1) is 0 Å². The summed E-state index contributed by atoms with van der Waals surface area (Å²) in [6.07, 6.45) is 0. The number of hydrogen-bond acceptors (Lipinski definition) is 6. The van der Waals surface area contributed by atoms with Crippen molar-refractivity contribution in [1.82, 2.24) is 0 Å². The van der Waals surface area contributed by atoms with Gasteiger partial charge in [0.1, 0.15) is 5.75 Å². The third kappa shape index (κ3) is 1.50. The molecular formula is C15H12O6. The van der Waals surface area contributed by atoms with E-state index < -0.39 is 28.8 Å². The molecule has 4 N–H and O–H groups in total. The van der Waals surface area contributed by atoms with E-state index in [0.717, 1.165) is 0 Å². The summed E-state index contributed by atoms with van der Waals surface area (Å²) in [5.74, 6) is -3.12. The maximum Gasteiger partial charge on any atom is 0.235 e. The maximum atomic E-state index is 12.1. The van der Waals surface area contributed by atoms with Crippen molar-refractivity contribution >= 4 is 22.3 Å². The predicted molar refractivity (Wildman–Crippen MR) is 75.1 cm³/mol. The quantitative estimate of drug-likeness (QED) is 0.601. The van der Waals surface area contributed by atoms with Crippen molar-refractivity contribution in [3.63, 3.8) is 0 Å². The number of aliphatic hydroxyl groups excluding tert-OH is 2. The van der Waals surface area contributed by atoms with Gasteiger partial charge in [0.15, 0.2) is 17.3 Å². The van der Waals surface area contributed by atoms with Gasteiger partial charge >= 0.3 is 0 Å². The van der Waals surface area contributed by atoms with E-state index in [1.807, 2.05) is 0 Å². The van der Waals surface area contributed by atoms with Crippen LogP contribution in [0.2, 0.25) is 0 Å². The number of phenolic OH excluding ortho intramolecular Hbond substituents is 2. The lowest BCUT2D eigenvalue weighted by Gasteiger charge is -2.21. The molecule has 0 unspecified atom stereocenters. The molecule has 0 radical (unpaired) electrons. The number of aliphatic hydroxyl groups is 2. The molecule has 0 saturated heterocycles. The van der Waals surface area contributed by atoms with E-state index in [1.54, 1.807) is 13.0 Å². The van der Waals surface area contributed by atoms with Crippen LogP contribution in [-0.2, 0) is 0 Å². The first-order valence-electron chi connectivity index (χ1n) is 6.12. The number of aryl methyl sites for hydroxylation is 1. The van der Waals surface area contributed by atoms with Gasteiger partial charge in [-0.1, -0.05) is 0 Å². The number of hydrogen-bond donors (Lipinski definition) is 4. The molecule has 0 aliphatic heterocycles. The average Bonchev–Trinajstić information content (AvgIpc) is 2.45. The fourth-order valence-electron chi connectivity index (χ4n) is 2.72. The second-order valence-corrected chi connectivity index (χ2v) is 4.84. The first-order valence-corrected chi connectivity index (χ1v) is 6.12. The van der Waals surface area contributed by atoms with Gasteiger partial charge in [0, 0.05) is 16.3 Å². The maximum absolute atomic E-state index is 12.1. The van der Waals surface area contributed by atoms with Crippen LogP contribution in [0.5, 0.6) is 17.2 Å². The SMILES string of the molecule is COc1c(C)cc2c3c(c(O)c(O)cc13)C(=O)C(O)=C2O. The molecule has 0 bridgehead atoms. The van der Waals surface area contributed by atoms with E-state index >= 15 is 0 Å². The summed E-state index contributed by atoms with van der Waals surface area (Å²) in [5, 5.41) is 40.1. The van der Waals surface area contributed by atoms with Crippen LogP contribution in [0.4, 0.5) is 0 Å². The number of ether oxygens (including phenoxy) is 1. The van der Waals surface area contributed by atoms with Crippen molar-refractivity contribution in [3.05, 3.63) is 34.6 Å². The van der Waals surface area contributed by atoms with Gasteiger partial charge in [-0.2, -0.15) is 0 Å². The van der Waals surface area contributed by atoms with Crippen LogP contribution >= 0.6 is 0 Å². The molecule has 1 aliphatic carbocycles. The smallest absolute Gasteiger partial charge is 0.235 e. The van der Waals surface area contributed by atoms with Crippen molar-refractivity contribution in [1.29, 1.82) is 0 Å². The zero-order valence-electron chi connectivity index (χ0n) is 11.3. The zero-order chi connectivity index (χ0) is 15.5. The highest BCUT2D eigenvalue weighted by molar-refractivity contribution is 6.25. The number of Topliss-reactive ketones (excluding diaryl/α,β-unsaturated/α-hetero) is 1. The van der Waals surface area contributed by atoms with Gasteiger partial charge in [0.2, 0.25) is 11.5 Å². The summed E-state index contributed by atoms with van der Waals surface area (Å²) in [4.78, 5) is 12.1. The Morgan fingerprint density at radius 3 is 2.33 bits per heavy atom. The first kappa shape index (κ1) is 13.1. The van der Waals surface area contributed by atoms with Gasteiger partial charge in [0.25, 0.3) is 0 Å². The molecule has 2 aromatic carbocycles. The molecular weight excluding hydrogens is 276 g/mol. The topological polar surface area (TPSA) is 107 Å². The third-order valence-electron chi connectivity index (χ3n) is 3.64. The Bertz CT molecular complexity index is 847. The molecule has 6 nitrogen and oxygen atoms in total. The normalized spacial score (nSPS) is 13.9. The van der Waals surface area contributed by atoms with Crippen molar-refractivity contribution in [2.45, 2.75) is 6.92 Å². The Morgan fingerprint density at radius 1 is 1.05 bits per heavy atom. The molecule has 0 heterocycles. The minimum atomic E-state index is -0.954. The highest BCUT2D eigenvalue weighted by Gasteiger charge is 2.33. The molecule has 0 atom stereocenters. The lowest BCUT2D eigenvalue weighted by molar-refractivity contribution is 0.0972.